The second-order valence-corrected chi connectivity index (χ2v) is 22.4. The number of aliphatic carboxylic acids is 4. The quantitative estimate of drug-likeness (QED) is 0.0567. The fraction of sp³-hybridized carbons (Fsp3) is 0.667. The zero-order valence-corrected chi connectivity index (χ0v) is 48.7. The number of carboxylic acid groups (broad SMARTS) is 4. The van der Waals surface area contributed by atoms with Crippen LogP contribution in [0.25, 0.3) is 0 Å². The SMILES string of the molecule is CC[C@H](C)[C@@H]1NC(=O)[C@H]([C@@H](C)O)NC(=O)[C@H](CCC(=O)O)NC(=O)[C@H](CCC(=O)O)NC(=O)[C@H](CCC(=O)O)NC(=O)CNC(=O)[C@H](CC(C)C)NC(=O)CNC(=O)[C@H](CO)NC(=O)[C@@H](N)CSSC[C@@H](C(=O)O)NC(=O)[C@H](CC(N)=O)NC1=O. The van der Waals surface area contributed by atoms with E-state index in [4.69, 9.17) is 11.5 Å². The van der Waals surface area contributed by atoms with Crippen molar-refractivity contribution in [2.45, 2.75) is 159 Å². The van der Waals surface area contributed by atoms with E-state index in [9.17, 15) is 107 Å². The van der Waals surface area contributed by atoms with Crippen LogP contribution in [0.4, 0.5) is 0 Å². The molecule has 1 rings (SSSR count). The Kier molecular flexibility index (Phi) is 33.7. The van der Waals surface area contributed by atoms with Crippen molar-refractivity contribution in [1.29, 1.82) is 0 Å². The smallest absolute Gasteiger partial charge is 0.327 e. The van der Waals surface area contributed by atoms with Crippen LogP contribution >= 0.6 is 21.6 Å². The minimum absolute atomic E-state index is 0.0587. The molecule has 0 aromatic carbocycles. The van der Waals surface area contributed by atoms with Gasteiger partial charge in [-0.3, -0.25) is 71.9 Å². The number of carboxylic acids is 4. The molecule has 1 aliphatic heterocycles. The summed E-state index contributed by atoms with van der Waals surface area (Å²) < 4.78 is 0. The van der Waals surface area contributed by atoms with Gasteiger partial charge < -0.3 is 101 Å². The molecule has 21 N–H and O–H groups in total. The lowest BCUT2D eigenvalue weighted by atomic mass is 9.96. The average molecular weight is 1250 g/mol. The van der Waals surface area contributed by atoms with Crippen molar-refractivity contribution < 1.29 is 107 Å². The number of hydrogen-bond donors (Lipinski definition) is 19. The number of amides is 12. The topological polar surface area (TPSA) is 579 Å². The van der Waals surface area contributed by atoms with Crippen LogP contribution in [0.5, 0.6) is 0 Å². The third-order valence-corrected chi connectivity index (χ3v) is 14.7. The first-order valence-corrected chi connectivity index (χ1v) is 28.9. The Morgan fingerprint density at radius 2 is 0.918 bits per heavy atom. The Morgan fingerprint density at radius 3 is 1.35 bits per heavy atom. The summed E-state index contributed by atoms with van der Waals surface area (Å²) in [4.78, 5) is 208. The first-order valence-electron chi connectivity index (χ1n) is 26.4. The highest BCUT2D eigenvalue weighted by Gasteiger charge is 2.38. The van der Waals surface area contributed by atoms with E-state index in [0.717, 1.165) is 28.5 Å². The lowest BCUT2D eigenvalue weighted by Crippen LogP contribution is -2.62. The van der Waals surface area contributed by atoms with Gasteiger partial charge in [-0.25, -0.2) is 4.79 Å². The van der Waals surface area contributed by atoms with Crippen molar-refractivity contribution in [3.63, 3.8) is 0 Å². The van der Waals surface area contributed by atoms with Crippen molar-refractivity contribution in [3.05, 3.63) is 0 Å². The van der Waals surface area contributed by atoms with Crippen LogP contribution in [0.2, 0.25) is 0 Å². The molecular formula is C48H77N13O22S2. The number of hydrogen-bond acceptors (Lipinski definition) is 21. The summed E-state index contributed by atoms with van der Waals surface area (Å²) in [5, 5.41) is 83.5. The number of carbonyl (C=O) groups is 16. The fourth-order valence-electron chi connectivity index (χ4n) is 7.44. The molecule has 0 radical (unpaired) electrons. The van der Waals surface area contributed by atoms with E-state index in [-0.39, 0.29) is 24.5 Å². The van der Waals surface area contributed by atoms with Crippen LogP contribution < -0.4 is 70.0 Å². The summed E-state index contributed by atoms with van der Waals surface area (Å²) in [6, 6.07) is -17.6. The van der Waals surface area contributed by atoms with Crippen LogP contribution in [0, 0.1) is 11.8 Å². The summed E-state index contributed by atoms with van der Waals surface area (Å²) in [5.41, 5.74) is 11.3. The number of aliphatic hydroxyl groups excluding tert-OH is 2. The van der Waals surface area contributed by atoms with Crippen LogP contribution in [0.3, 0.4) is 0 Å². The van der Waals surface area contributed by atoms with E-state index in [1.54, 1.807) is 20.8 Å². The fourth-order valence-corrected chi connectivity index (χ4v) is 9.72. The number of aliphatic hydroxyl groups is 2. The molecule has 12 amide bonds. The summed E-state index contributed by atoms with van der Waals surface area (Å²) in [6.45, 7) is 4.59. The van der Waals surface area contributed by atoms with Gasteiger partial charge in [0.1, 0.15) is 54.4 Å². The molecule has 1 aliphatic rings. The maximum atomic E-state index is 13.9. The van der Waals surface area contributed by atoms with Crippen LogP contribution in [0.1, 0.15) is 92.4 Å². The molecule has 0 aliphatic carbocycles. The van der Waals surface area contributed by atoms with Crippen molar-refractivity contribution in [1.82, 2.24) is 58.5 Å². The molecule has 1 heterocycles. The zero-order chi connectivity index (χ0) is 64.8. The molecular weight excluding hydrogens is 1170 g/mol. The summed E-state index contributed by atoms with van der Waals surface area (Å²) in [5.74, 6) is -22.0. The van der Waals surface area contributed by atoms with Crippen molar-refractivity contribution in [2.24, 2.45) is 23.3 Å². The normalized spacial score (nSPS) is 26.0. The van der Waals surface area contributed by atoms with Gasteiger partial charge in [-0.05, 0) is 44.4 Å². The minimum atomic E-state index is -2.04. The molecule has 85 heavy (non-hydrogen) atoms. The third-order valence-electron chi connectivity index (χ3n) is 12.3. The van der Waals surface area contributed by atoms with E-state index in [1.807, 2.05) is 0 Å². The minimum Gasteiger partial charge on any atom is -0.481 e. The van der Waals surface area contributed by atoms with E-state index < -0.39 is 238 Å². The van der Waals surface area contributed by atoms with E-state index in [1.165, 1.54) is 6.92 Å². The number of rotatable bonds is 18. The molecule has 1 fully saturated rings. The van der Waals surface area contributed by atoms with Gasteiger partial charge in [-0.15, -0.1) is 0 Å². The first-order chi connectivity index (χ1) is 39.7. The molecule has 12 atom stereocenters. The first kappa shape index (κ1) is 75.1. The van der Waals surface area contributed by atoms with Crippen molar-refractivity contribution in [3.8, 4) is 0 Å². The highest BCUT2D eigenvalue weighted by molar-refractivity contribution is 8.76. The van der Waals surface area contributed by atoms with E-state index >= 15 is 0 Å². The molecule has 0 bridgehead atoms. The maximum absolute atomic E-state index is 13.9. The zero-order valence-electron chi connectivity index (χ0n) is 47.1. The Morgan fingerprint density at radius 1 is 0.518 bits per heavy atom. The molecule has 37 heteroatoms. The van der Waals surface area contributed by atoms with Gasteiger partial charge in [0.05, 0.1) is 38.3 Å². The van der Waals surface area contributed by atoms with Gasteiger partial charge in [-0.2, -0.15) is 0 Å². The lowest BCUT2D eigenvalue weighted by Gasteiger charge is -2.30. The highest BCUT2D eigenvalue weighted by atomic mass is 33.1. The Balaban J connectivity index is 3.89. The summed E-state index contributed by atoms with van der Waals surface area (Å²) >= 11 is 0. The predicted molar refractivity (Wildman–Crippen MR) is 296 cm³/mol. The summed E-state index contributed by atoms with van der Waals surface area (Å²) in [6.07, 6.45) is -7.43. The molecule has 478 valence electrons. The molecule has 0 unspecified atom stereocenters. The van der Waals surface area contributed by atoms with Crippen LogP contribution in [-0.4, -0.2) is 223 Å². The van der Waals surface area contributed by atoms with Gasteiger partial charge in [0.25, 0.3) is 0 Å². The molecule has 0 aromatic heterocycles. The Bertz CT molecular complexity index is 2440. The predicted octanol–water partition coefficient (Wildman–Crippen LogP) is -7.68. The Hall–Kier alpha value is -7.90. The van der Waals surface area contributed by atoms with Gasteiger partial charge in [0, 0.05) is 30.8 Å². The van der Waals surface area contributed by atoms with Gasteiger partial charge in [0.15, 0.2) is 0 Å². The molecule has 0 aromatic rings. The largest absolute Gasteiger partial charge is 0.481 e. The van der Waals surface area contributed by atoms with Crippen LogP contribution in [-0.2, 0) is 76.7 Å². The second kappa shape index (κ2) is 38.1. The van der Waals surface area contributed by atoms with Crippen LogP contribution in [0.15, 0.2) is 0 Å². The monoisotopic (exact) mass is 1250 g/mol. The number of nitrogens with one attached hydrogen (secondary N) is 11. The van der Waals surface area contributed by atoms with Gasteiger partial charge >= 0.3 is 23.9 Å². The second-order valence-electron chi connectivity index (χ2n) is 19.9. The highest BCUT2D eigenvalue weighted by Crippen LogP contribution is 2.23. The van der Waals surface area contributed by atoms with Crippen molar-refractivity contribution in [2.75, 3.05) is 31.2 Å². The Labute approximate surface area is 494 Å². The average Bonchev–Trinajstić information content (AvgIpc) is 3.55. The number of primary amides is 1. The molecule has 0 spiro atoms. The maximum Gasteiger partial charge on any atom is 0.327 e. The molecule has 35 nitrogen and oxygen atoms in total. The van der Waals surface area contributed by atoms with Gasteiger partial charge in [-0.1, -0.05) is 55.7 Å². The molecule has 1 saturated heterocycles. The third kappa shape index (κ3) is 29.0. The lowest BCUT2D eigenvalue weighted by molar-refractivity contribution is -0.142. The van der Waals surface area contributed by atoms with Crippen molar-refractivity contribution >= 4 is 116 Å². The summed E-state index contributed by atoms with van der Waals surface area (Å²) in [7, 11) is 1.62. The van der Waals surface area contributed by atoms with Gasteiger partial charge in [0.2, 0.25) is 70.9 Å². The van der Waals surface area contributed by atoms with E-state index in [0.29, 0.717) is 0 Å². The standard InChI is InChI=1S/C48H77N13O22S2/c1-6-21(4)37-46(80)57-28(14-31(50)64)45(79)59-30(48(82)83)19-85-84-18-23(49)39(73)58-29(17-62)41(75)52-16-33(66)54-27(13-20(2)3)40(74)51-15-32(65)53-24(7-10-34(67)68)42(76)55-25(8-11-35(69)70)43(77)56-26(9-12-36(71)72)44(78)61-38(22(5)63)47(81)60-37/h20-30,37-38,62-63H,6-19,49H2,1-5H3,(H2,50,64)(H,51,74)(H,52,75)(H,53,65)(H,54,66)(H,55,76)(H,56,77)(H,57,80)(H,58,73)(H,59,79)(H,60,81)(H,61,78)(H,67,68)(H,69,70)(H,71,72)(H,82,83)/t21-,22+,23-,24-,25-,26-,27-,28-,29-,30-,37-,38-/m0/s1. The number of nitrogens with two attached hydrogens (primary N) is 2. The molecule has 0 saturated carbocycles. The number of carbonyl (C=O) groups excluding carboxylic acids is 12. The van der Waals surface area contributed by atoms with E-state index in [2.05, 4.69) is 58.5 Å².